The molecule has 3 fully saturated rings. The van der Waals surface area contributed by atoms with Crippen molar-refractivity contribution in [3.8, 4) is 5.75 Å². The maximum Gasteiger partial charge on any atom is 0.312 e. The van der Waals surface area contributed by atoms with Crippen LogP contribution in [-0.4, -0.2) is 90.4 Å². The van der Waals surface area contributed by atoms with E-state index in [1.165, 1.54) is 4.90 Å². The molecule has 0 unspecified atom stereocenters. The highest BCUT2D eigenvalue weighted by Gasteiger charge is 2.75. The Morgan fingerprint density at radius 1 is 1.20 bits per heavy atom. The molecule has 44 heavy (non-hydrogen) atoms. The normalized spacial score (nSPS) is 26.6. The van der Waals surface area contributed by atoms with Crippen LogP contribution in [0.4, 0.5) is 5.69 Å². The summed E-state index contributed by atoms with van der Waals surface area (Å²) in [5.74, 6) is -2.99. The molecular formula is C33H45N3O8. The smallest absolute Gasteiger partial charge is 0.312 e. The van der Waals surface area contributed by atoms with Crippen molar-refractivity contribution in [1.82, 2.24) is 10.2 Å². The number of hydrogen-bond donors (Lipinski definition) is 2. The van der Waals surface area contributed by atoms with Gasteiger partial charge in [-0.3, -0.25) is 19.2 Å². The summed E-state index contributed by atoms with van der Waals surface area (Å²) in [5, 5.41) is 13.2. The molecule has 3 aliphatic rings. The number of carbonyl (C=O) groups excluding carboxylic acids is 4. The van der Waals surface area contributed by atoms with Crippen molar-refractivity contribution in [2.75, 3.05) is 31.7 Å². The fourth-order valence-corrected chi connectivity index (χ4v) is 6.87. The first-order valence-electron chi connectivity index (χ1n) is 15.3. The third kappa shape index (κ3) is 6.12. The van der Waals surface area contributed by atoms with Gasteiger partial charge < -0.3 is 34.4 Å². The standard InChI is InChI=1S/C33H45N3O8/c1-7-9-10-26(38)34-18-21(5)43-32(41)27-25-15-16-33(44-25)28(27)30(39)36(24(19-37)20(3)4)29(33)31(40)35(17-8-2)22-11-13-23(42-6)14-12-22/h7-8,11-14,20-21,24-25,27-29,37H,1-2,9-10,15-19H2,3-6H3,(H,34,38)/t21-,24-,25-,27+,28+,29-,33+/m0/s1. The summed E-state index contributed by atoms with van der Waals surface area (Å²) in [7, 11) is 1.56. The molecule has 11 nitrogen and oxygen atoms in total. The summed E-state index contributed by atoms with van der Waals surface area (Å²) in [5.41, 5.74) is -0.681. The molecule has 11 heteroatoms. The Hall–Kier alpha value is -3.70. The van der Waals surface area contributed by atoms with Crippen molar-refractivity contribution in [3.63, 3.8) is 0 Å². The molecule has 1 aromatic rings. The number of rotatable bonds is 15. The number of methoxy groups -OCH3 is 1. The van der Waals surface area contributed by atoms with Crippen molar-refractivity contribution >= 4 is 29.4 Å². The van der Waals surface area contributed by atoms with E-state index >= 15 is 0 Å². The summed E-state index contributed by atoms with van der Waals surface area (Å²) in [6, 6.07) is 5.25. The number of anilines is 1. The van der Waals surface area contributed by atoms with Gasteiger partial charge in [0.05, 0.1) is 44.2 Å². The van der Waals surface area contributed by atoms with Crippen molar-refractivity contribution < 1.29 is 38.5 Å². The molecule has 0 radical (unpaired) electrons. The maximum atomic E-state index is 14.6. The van der Waals surface area contributed by atoms with Gasteiger partial charge in [-0.05, 0) is 56.4 Å². The van der Waals surface area contributed by atoms with Crippen LogP contribution in [0.1, 0.15) is 46.5 Å². The fourth-order valence-electron chi connectivity index (χ4n) is 6.87. The van der Waals surface area contributed by atoms with E-state index in [0.29, 0.717) is 30.7 Å². The summed E-state index contributed by atoms with van der Waals surface area (Å²) in [6.45, 7) is 12.8. The first-order valence-corrected chi connectivity index (χ1v) is 15.3. The van der Waals surface area contributed by atoms with Gasteiger partial charge in [-0.2, -0.15) is 0 Å². The molecule has 3 amide bonds. The molecule has 3 saturated heterocycles. The van der Waals surface area contributed by atoms with Crippen molar-refractivity contribution in [2.45, 2.75) is 76.3 Å². The second kappa shape index (κ2) is 13.9. The number of likely N-dealkylation sites (tertiary alicyclic amines) is 1. The average molecular weight is 612 g/mol. The number of esters is 1. The van der Waals surface area contributed by atoms with Gasteiger partial charge in [0, 0.05) is 18.7 Å². The lowest BCUT2D eigenvalue weighted by Gasteiger charge is -2.40. The quantitative estimate of drug-likeness (QED) is 0.228. The molecule has 240 valence electrons. The lowest BCUT2D eigenvalue weighted by atomic mass is 9.70. The van der Waals surface area contributed by atoms with Crippen LogP contribution >= 0.6 is 0 Å². The van der Waals surface area contributed by atoms with Crippen LogP contribution in [0, 0.1) is 17.8 Å². The van der Waals surface area contributed by atoms with Crippen LogP contribution < -0.4 is 15.0 Å². The van der Waals surface area contributed by atoms with Crippen LogP contribution in [-0.2, 0) is 28.7 Å². The number of allylic oxidation sites excluding steroid dienone is 1. The Morgan fingerprint density at radius 2 is 1.91 bits per heavy atom. The number of carbonyl (C=O) groups is 4. The van der Waals surface area contributed by atoms with Crippen LogP contribution in [0.15, 0.2) is 49.6 Å². The minimum atomic E-state index is -1.27. The highest BCUT2D eigenvalue weighted by molar-refractivity contribution is 6.05. The van der Waals surface area contributed by atoms with Gasteiger partial charge in [0.25, 0.3) is 5.91 Å². The number of amides is 3. The van der Waals surface area contributed by atoms with E-state index in [0.717, 1.165) is 0 Å². The molecule has 1 aromatic carbocycles. The minimum Gasteiger partial charge on any atom is -0.497 e. The Labute approximate surface area is 259 Å². The monoisotopic (exact) mass is 611 g/mol. The second-order valence-electron chi connectivity index (χ2n) is 12.1. The van der Waals surface area contributed by atoms with E-state index in [1.54, 1.807) is 55.4 Å². The van der Waals surface area contributed by atoms with Gasteiger partial charge in [-0.1, -0.05) is 26.0 Å². The van der Waals surface area contributed by atoms with Gasteiger partial charge in [0.2, 0.25) is 11.8 Å². The highest BCUT2D eigenvalue weighted by Crippen LogP contribution is 2.59. The molecule has 3 aliphatic heterocycles. The van der Waals surface area contributed by atoms with Crippen LogP contribution in [0.5, 0.6) is 5.75 Å². The number of hydrogen-bond acceptors (Lipinski definition) is 8. The summed E-state index contributed by atoms with van der Waals surface area (Å²) < 4.78 is 17.6. The molecular weight excluding hydrogens is 566 g/mol. The second-order valence-corrected chi connectivity index (χ2v) is 12.1. The Morgan fingerprint density at radius 3 is 2.50 bits per heavy atom. The molecule has 3 heterocycles. The number of ether oxygens (including phenoxy) is 3. The maximum absolute atomic E-state index is 14.6. The van der Waals surface area contributed by atoms with Gasteiger partial charge in [-0.15, -0.1) is 13.2 Å². The van der Waals surface area contributed by atoms with E-state index < -0.39 is 53.6 Å². The molecule has 2 bridgehead atoms. The van der Waals surface area contributed by atoms with Gasteiger partial charge in [0.1, 0.15) is 23.5 Å². The molecule has 0 saturated carbocycles. The predicted molar refractivity (Wildman–Crippen MR) is 164 cm³/mol. The van der Waals surface area contributed by atoms with E-state index in [2.05, 4.69) is 18.5 Å². The molecule has 2 N–H and O–H groups in total. The van der Waals surface area contributed by atoms with Crippen LogP contribution in [0.25, 0.3) is 0 Å². The number of aliphatic hydroxyl groups excluding tert-OH is 1. The molecule has 0 aliphatic carbocycles. The third-order valence-electron chi connectivity index (χ3n) is 9.00. The topological polar surface area (TPSA) is 135 Å². The molecule has 4 rings (SSSR count). The van der Waals surface area contributed by atoms with E-state index in [1.807, 2.05) is 13.8 Å². The lowest BCUT2D eigenvalue weighted by Crippen LogP contribution is -2.59. The van der Waals surface area contributed by atoms with E-state index in [4.69, 9.17) is 14.2 Å². The van der Waals surface area contributed by atoms with E-state index in [-0.39, 0.29) is 43.8 Å². The Balaban J connectivity index is 1.66. The first-order chi connectivity index (χ1) is 21.0. The average Bonchev–Trinajstić information content (AvgIpc) is 3.65. The van der Waals surface area contributed by atoms with E-state index in [9.17, 15) is 24.3 Å². The van der Waals surface area contributed by atoms with Crippen molar-refractivity contribution in [3.05, 3.63) is 49.6 Å². The van der Waals surface area contributed by atoms with Gasteiger partial charge in [0.15, 0.2) is 0 Å². The summed E-state index contributed by atoms with van der Waals surface area (Å²) in [4.78, 5) is 57.7. The minimum absolute atomic E-state index is 0.120. The zero-order chi connectivity index (χ0) is 32.2. The predicted octanol–water partition coefficient (Wildman–Crippen LogP) is 2.62. The number of nitrogens with one attached hydrogen (secondary N) is 1. The molecule has 7 atom stereocenters. The number of benzene rings is 1. The third-order valence-corrected chi connectivity index (χ3v) is 9.00. The van der Waals surface area contributed by atoms with Gasteiger partial charge in [-0.25, -0.2) is 0 Å². The van der Waals surface area contributed by atoms with Crippen LogP contribution in [0.3, 0.4) is 0 Å². The number of aliphatic hydroxyl groups is 1. The van der Waals surface area contributed by atoms with Crippen molar-refractivity contribution in [1.29, 1.82) is 0 Å². The summed E-state index contributed by atoms with van der Waals surface area (Å²) in [6.07, 6.45) is 3.73. The van der Waals surface area contributed by atoms with Gasteiger partial charge >= 0.3 is 5.97 Å². The number of fused-ring (bicyclic) bond motifs is 1. The number of nitrogens with zero attached hydrogens (tertiary/aromatic N) is 2. The van der Waals surface area contributed by atoms with Crippen LogP contribution in [0.2, 0.25) is 0 Å². The molecule has 1 spiro atoms. The zero-order valence-electron chi connectivity index (χ0n) is 26.1. The lowest BCUT2D eigenvalue weighted by molar-refractivity contribution is -0.160. The summed E-state index contributed by atoms with van der Waals surface area (Å²) >= 11 is 0. The SMILES string of the molecule is C=CCCC(=O)NC[C@H](C)OC(=O)[C@@H]1[C@@H]2CC[C@]3(O2)[C@H](C(=O)N(CC=C)c2ccc(OC)cc2)N([C@@H](CO)C(C)C)C(=O)[C@@H]13. The fraction of sp³-hybridized carbons (Fsp3) is 0.576. The largest absolute Gasteiger partial charge is 0.497 e. The van der Waals surface area contributed by atoms with Crippen molar-refractivity contribution in [2.24, 2.45) is 17.8 Å². The molecule has 0 aromatic heterocycles. The highest BCUT2D eigenvalue weighted by atomic mass is 16.6. The Kier molecular flexibility index (Phi) is 10.5. The zero-order valence-corrected chi connectivity index (χ0v) is 26.1. The first kappa shape index (κ1) is 33.2. The Bertz CT molecular complexity index is 1250.